The molecule has 1 saturated carbocycles. The molecule has 0 radical (unpaired) electrons. The number of carboxylic acids is 1. The van der Waals surface area contributed by atoms with Crippen molar-refractivity contribution in [3.05, 3.63) is 41.6 Å². The molecule has 1 aliphatic rings. The highest BCUT2D eigenvalue weighted by Crippen LogP contribution is 2.34. The van der Waals surface area contributed by atoms with Gasteiger partial charge in [0.1, 0.15) is 0 Å². The molecule has 96 valence electrons. The Morgan fingerprint density at radius 1 is 1.53 bits per heavy atom. The zero-order valence-electron chi connectivity index (χ0n) is 10.2. The van der Waals surface area contributed by atoms with Gasteiger partial charge in [0, 0.05) is 12.1 Å². The Balaban J connectivity index is 2.41. The molecule has 5 nitrogen and oxygen atoms in total. The average molecular weight is 255 g/mol. The number of carboxylic acid groups (broad SMARTS) is 1. The average Bonchev–Trinajstić information content (AvgIpc) is 3.22. The fraction of sp³-hybridized carbons (Fsp3) is 0.214. The summed E-state index contributed by atoms with van der Waals surface area (Å²) >= 11 is 0. The molecule has 3 N–H and O–H groups in total. The first kappa shape index (κ1) is 12.8. The molecular formula is C14H13N3O2. The second-order valence-corrected chi connectivity index (χ2v) is 4.32. The lowest BCUT2D eigenvalue weighted by Crippen LogP contribution is -2.15. The van der Waals surface area contributed by atoms with Crippen molar-refractivity contribution in [2.45, 2.75) is 12.8 Å². The fourth-order valence-electron chi connectivity index (χ4n) is 1.78. The molecular weight excluding hydrogens is 242 g/mol. The number of benzene rings is 1. The summed E-state index contributed by atoms with van der Waals surface area (Å²) in [7, 11) is 0. The molecule has 1 fully saturated rings. The summed E-state index contributed by atoms with van der Waals surface area (Å²) in [5.74, 6) is -0.929. The Kier molecular flexibility index (Phi) is 3.62. The number of rotatable bonds is 4. The maximum Gasteiger partial charge on any atom is 0.339 e. The minimum Gasteiger partial charge on any atom is -0.478 e. The number of hydrogen-bond acceptors (Lipinski definition) is 4. The van der Waals surface area contributed by atoms with Crippen LogP contribution in [-0.4, -0.2) is 16.8 Å². The highest BCUT2D eigenvalue weighted by molar-refractivity contribution is 6.21. The number of hydrogen-bond donors (Lipinski definition) is 2. The normalized spacial score (nSPS) is 15.9. The molecule has 0 amide bonds. The Morgan fingerprint density at radius 3 is 2.79 bits per heavy atom. The molecule has 0 saturated heterocycles. The van der Waals surface area contributed by atoms with Crippen LogP contribution >= 0.6 is 0 Å². The van der Waals surface area contributed by atoms with E-state index in [0.29, 0.717) is 17.0 Å². The van der Waals surface area contributed by atoms with E-state index in [2.05, 4.69) is 4.99 Å². The van der Waals surface area contributed by atoms with Gasteiger partial charge >= 0.3 is 5.97 Å². The van der Waals surface area contributed by atoms with E-state index in [1.165, 1.54) is 0 Å². The van der Waals surface area contributed by atoms with Crippen LogP contribution in [-0.2, 0) is 4.79 Å². The number of nitriles is 1. The highest BCUT2D eigenvalue weighted by atomic mass is 16.4. The van der Waals surface area contributed by atoms with E-state index < -0.39 is 5.97 Å². The smallest absolute Gasteiger partial charge is 0.339 e. The summed E-state index contributed by atoms with van der Waals surface area (Å²) in [5, 5.41) is 18.0. The topological polar surface area (TPSA) is 99.5 Å². The monoisotopic (exact) mass is 255 g/mol. The minimum absolute atomic E-state index is 0.0323. The van der Waals surface area contributed by atoms with E-state index in [1.807, 2.05) is 6.07 Å². The van der Waals surface area contributed by atoms with Crippen LogP contribution in [0.15, 0.2) is 41.0 Å². The lowest BCUT2D eigenvalue weighted by Gasteiger charge is -2.05. The van der Waals surface area contributed by atoms with E-state index >= 15 is 0 Å². The van der Waals surface area contributed by atoms with Crippen LogP contribution in [0.1, 0.15) is 18.4 Å². The number of nitrogens with two attached hydrogens (primary N) is 1. The van der Waals surface area contributed by atoms with Crippen molar-refractivity contribution >= 4 is 17.4 Å². The summed E-state index contributed by atoms with van der Waals surface area (Å²) in [5.41, 5.74) is 6.96. The Labute approximate surface area is 110 Å². The third-order valence-corrected chi connectivity index (χ3v) is 2.86. The first-order valence-corrected chi connectivity index (χ1v) is 5.90. The zero-order valence-corrected chi connectivity index (χ0v) is 10.2. The summed E-state index contributed by atoms with van der Waals surface area (Å²) in [6, 6.07) is 8.78. The maximum atomic E-state index is 11.1. The molecule has 0 heterocycles. The SMILES string of the molecule is N#Cc1cccc(N=C(/C(=C\N)C(=O)O)C2CC2)c1. The number of aliphatic imine (C=N–C) groups is 1. The van der Waals surface area contributed by atoms with Gasteiger partial charge in [-0.05, 0) is 31.0 Å². The molecule has 0 spiro atoms. The summed E-state index contributed by atoms with van der Waals surface area (Å²) in [4.78, 5) is 15.5. The van der Waals surface area contributed by atoms with E-state index in [9.17, 15) is 4.79 Å². The van der Waals surface area contributed by atoms with Crippen LogP contribution in [0.2, 0.25) is 0 Å². The molecule has 2 rings (SSSR count). The predicted octanol–water partition coefficient (Wildman–Crippen LogP) is 1.97. The quantitative estimate of drug-likeness (QED) is 0.634. The summed E-state index contributed by atoms with van der Waals surface area (Å²) in [6.07, 6.45) is 2.91. The van der Waals surface area contributed by atoms with Gasteiger partial charge in [-0.15, -0.1) is 0 Å². The number of aliphatic carboxylic acids is 1. The van der Waals surface area contributed by atoms with Gasteiger partial charge in [-0.1, -0.05) is 6.07 Å². The summed E-state index contributed by atoms with van der Waals surface area (Å²) < 4.78 is 0. The van der Waals surface area contributed by atoms with Crippen LogP contribution in [0.25, 0.3) is 0 Å². The second kappa shape index (κ2) is 5.36. The van der Waals surface area contributed by atoms with E-state index in [-0.39, 0.29) is 11.5 Å². The molecule has 0 aliphatic heterocycles. The van der Waals surface area contributed by atoms with Crippen LogP contribution < -0.4 is 5.73 Å². The van der Waals surface area contributed by atoms with Crippen LogP contribution in [0.3, 0.4) is 0 Å². The maximum absolute atomic E-state index is 11.1. The molecule has 0 atom stereocenters. The van der Waals surface area contributed by atoms with Crippen LogP contribution in [0.4, 0.5) is 5.69 Å². The van der Waals surface area contributed by atoms with Gasteiger partial charge < -0.3 is 10.8 Å². The molecule has 1 aliphatic carbocycles. The van der Waals surface area contributed by atoms with Crippen molar-refractivity contribution in [3.63, 3.8) is 0 Å². The van der Waals surface area contributed by atoms with Crippen molar-refractivity contribution in [3.8, 4) is 6.07 Å². The highest BCUT2D eigenvalue weighted by Gasteiger charge is 2.32. The lowest BCUT2D eigenvalue weighted by molar-refractivity contribution is -0.132. The fourth-order valence-corrected chi connectivity index (χ4v) is 1.78. The van der Waals surface area contributed by atoms with Gasteiger partial charge in [-0.2, -0.15) is 5.26 Å². The lowest BCUT2D eigenvalue weighted by atomic mass is 10.1. The van der Waals surface area contributed by atoms with Crippen molar-refractivity contribution in [2.75, 3.05) is 0 Å². The molecule has 19 heavy (non-hydrogen) atoms. The molecule has 0 bridgehead atoms. The third kappa shape index (κ3) is 2.99. The van der Waals surface area contributed by atoms with Gasteiger partial charge in [0.05, 0.1) is 28.6 Å². The molecule has 0 unspecified atom stereocenters. The third-order valence-electron chi connectivity index (χ3n) is 2.86. The first-order chi connectivity index (χ1) is 9.15. The van der Waals surface area contributed by atoms with Crippen molar-refractivity contribution in [1.82, 2.24) is 0 Å². The largest absolute Gasteiger partial charge is 0.478 e. The Morgan fingerprint density at radius 2 is 2.26 bits per heavy atom. The van der Waals surface area contributed by atoms with Crippen molar-refractivity contribution < 1.29 is 9.90 Å². The van der Waals surface area contributed by atoms with Gasteiger partial charge in [0.2, 0.25) is 0 Å². The molecule has 5 heteroatoms. The van der Waals surface area contributed by atoms with Crippen LogP contribution in [0.5, 0.6) is 0 Å². The first-order valence-electron chi connectivity index (χ1n) is 5.90. The Bertz CT molecular complexity index is 607. The standard InChI is InChI=1S/C14H13N3O2/c15-7-9-2-1-3-11(6-9)17-13(10-4-5-10)12(8-16)14(18)19/h1-3,6,8,10H,4-5,16H2,(H,18,19)/b12-8+,17-13?. The van der Waals surface area contributed by atoms with Crippen LogP contribution in [0, 0.1) is 17.2 Å². The van der Waals surface area contributed by atoms with Gasteiger partial charge in [-0.3, -0.25) is 4.99 Å². The van der Waals surface area contributed by atoms with Crippen molar-refractivity contribution in [2.24, 2.45) is 16.6 Å². The second-order valence-electron chi connectivity index (χ2n) is 4.32. The van der Waals surface area contributed by atoms with E-state index in [1.54, 1.807) is 24.3 Å². The van der Waals surface area contributed by atoms with Gasteiger partial charge in [0.25, 0.3) is 0 Å². The Hall–Kier alpha value is -2.61. The molecule has 1 aromatic carbocycles. The molecule has 0 aromatic heterocycles. The predicted molar refractivity (Wildman–Crippen MR) is 70.9 cm³/mol. The minimum atomic E-state index is -1.08. The van der Waals surface area contributed by atoms with E-state index in [0.717, 1.165) is 19.0 Å². The zero-order chi connectivity index (χ0) is 13.8. The van der Waals surface area contributed by atoms with Crippen molar-refractivity contribution in [1.29, 1.82) is 5.26 Å². The summed E-state index contributed by atoms with van der Waals surface area (Å²) in [6.45, 7) is 0. The number of carbonyl (C=O) groups is 1. The number of nitrogens with zero attached hydrogens (tertiary/aromatic N) is 2. The van der Waals surface area contributed by atoms with E-state index in [4.69, 9.17) is 16.1 Å². The van der Waals surface area contributed by atoms with Gasteiger partial charge in [0.15, 0.2) is 0 Å². The van der Waals surface area contributed by atoms with Gasteiger partial charge in [-0.25, -0.2) is 4.79 Å². The molecule has 1 aromatic rings.